The molecular formula is C10H10N2OS. The van der Waals surface area contributed by atoms with Crippen molar-refractivity contribution < 1.29 is 0 Å². The molecule has 2 rings (SSSR count). The van der Waals surface area contributed by atoms with Gasteiger partial charge < -0.3 is 4.98 Å². The largest absolute Gasteiger partial charge is 0.328 e. The number of nitrogens with zero attached hydrogens (tertiary/aromatic N) is 1. The molecule has 0 fully saturated rings. The molecule has 2 heterocycles. The van der Waals surface area contributed by atoms with Crippen LogP contribution in [-0.4, -0.2) is 9.97 Å². The summed E-state index contributed by atoms with van der Waals surface area (Å²) in [5, 5.41) is 1.05. The Balaban J connectivity index is 2.54. The summed E-state index contributed by atoms with van der Waals surface area (Å²) in [7, 11) is 0. The van der Waals surface area contributed by atoms with Gasteiger partial charge in [0.1, 0.15) is 0 Å². The Morgan fingerprint density at radius 3 is 2.64 bits per heavy atom. The van der Waals surface area contributed by atoms with Gasteiger partial charge in [-0.1, -0.05) is 0 Å². The predicted octanol–water partition coefficient (Wildman–Crippen LogP) is 2.12. The van der Waals surface area contributed by atoms with E-state index in [1.165, 1.54) is 6.07 Å². The van der Waals surface area contributed by atoms with E-state index in [4.69, 9.17) is 0 Å². The van der Waals surface area contributed by atoms with E-state index in [1.807, 2.05) is 19.9 Å². The molecule has 0 aliphatic heterocycles. The zero-order chi connectivity index (χ0) is 10.1. The highest BCUT2D eigenvalue weighted by Gasteiger charge is 2.06. The molecule has 4 heteroatoms. The van der Waals surface area contributed by atoms with Crippen LogP contribution >= 0.6 is 11.3 Å². The molecule has 0 radical (unpaired) electrons. The van der Waals surface area contributed by atoms with Crippen LogP contribution in [0.5, 0.6) is 0 Å². The van der Waals surface area contributed by atoms with Gasteiger partial charge in [0.05, 0.1) is 15.6 Å². The Hall–Kier alpha value is -1.42. The van der Waals surface area contributed by atoms with Crippen LogP contribution in [0.2, 0.25) is 0 Å². The second-order valence-corrected chi connectivity index (χ2v) is 4.29. The van der Waals surface area contributed by atoms with Crippen LogP contribution in [-0.2, 0) is 0 Å². The number of H-pyrrole nitrogens is 1. The average molecular weight is 206 g/mol. The lowest BCUT2D eigenvalue weighted by molar-refractivity contribution is 1.19. The maximum atomic E-state index is 10.9. The van der Waals surface area contributed by atoms with E-state index in [0.717, 1.165) is 21.1 Å². The molecule has 0 bridgehead atoms. The number of hydrogen-bond donors (Lipinski definition) is 1. The first-order chi connectivity index (χ1) is 6.66. The molecule has 0 unspecified atom stereocenters. The summed E-state index contributed by atoms with van der Waals surface area (Å²) in [6, 6.07) is 3.35. The fourth-order valence-corrected chi connectivity index (χ4v) is 2.27. The topological polar surface area (TPSA) is 45.8 Å². The Kier molecular flexibility index (Phi) is 2.21. The lowest BCUT2D eigenvalue weighted by atomic mass is 10.2. The molecule has 2 aromatic heterocycles. The van der Waals surface area contributed by atoms with E-state index in [2.05, 4.69) is 9.97 Å². The molecule has 3 nitrogen and oxygen atoms in total. The molecule has 0 saturated carbocycles. The number of aromatic amines is 1. The summed E-state index contributed by atoms with van der Waals surface area (Å²) in [6.45, 7) is 3.96. The Bertz CT molecular complexity index is 493. The molecule has 1 N–H and O–H groups in total. The smallest absolute Gasteiger partial charge is 0.247 e. The van der Waals surface area contributed by atoms with Gasteiger partial charge in [0.25, 0.3) is 0 Å². The van der Waals surface area contributed by atoms with Crippen molar-refractivity contribution in [2.45, 2.75) is 13.8 Å². The molecule has 2 aromatic rings. The first-order valence-electron chi connectivity index (χ1n) is 4.30. The number of rotatable bonds is 1. The van der Waals surface area contributed by atoms with Gasteiger partial charge in [0.15, 0.2) is 0 Å². The minimum Gasteiger partial charge on any atom is -0.328 e. The van der Waals surface area contributed by atoms with Crippen molar-refractivity contribution in [3.63, 3.8) is 0 Å². The Labute approximate surface area is 85.5 Å². The normalized spacial score (nSPS) is 10.4. The number of hydrogen-bond acceptors (Lipinski definition) is 3. The quantitative estimate of drug-likeness (QED) is 0.776. The Morgan fingerprint density at radius 1 is 1.36 bits per heavy atom. The average Bonchev–Trinajstić information content (AvgIpc) is 2.47. The highest BCUT2D eigenvalue weighted by Crippen LogP contribution is 2.28. The summed E-state index contributed by atoms with van der Waals surface area (Å²) in [5.74, 6) is 0. The van der Waals surface area contributed by atoms with Gasteiger partial charge in [-0.3, -0.25) is 4.79 Å². The van der Waals surface area contributed by atoms with Crippen LogP contribution in [0.4, 0.5) is 0 Å². The van der Waals surface area contributed by atoms with Crippen LogP contribution in [0, 0.1) is 13.8 Å². The first kappa shape index (κ1) is 9.15. The van der Waals surface area contributed by atoms with Crippen LogP contribution in [0.25, 0.3) is 10.4 Å². The minimum absolute atomic E-state index is 0.0763. The van der Waals surface area contributed by atoms with Crippen LogP contribution < -0.4 is 5.56 Å². The van der Waals surface area contributed by atoms with Crippen molar-refractivity contribution in [3.05, 3.63) is 39.4 Å². The van der Waals surface area contributed by atoms with E-state index in [0.29, 0.717) is 0 Å². The van der Waals surface area contributed by atoms with Crippen LogP contribution in [0.3, 0.4) is 0 Å². The van der Waals surface area contributed by atoms with Crippen molar-refractivity contribution in [2.75, 3.05) is 0 Å². The van der Waals surface area contributed by atoms with Gasteiger partial charge in [0, 0.05) is 17.8 Å². The highest BCUT2D eigenvalue weighted by atomic mass is 32.1. The number of pyridine rings is 1. The van der Waals surface area contributed by atoms with E-state index >= 15 is 0 Å². The summed E-state index contributed by atoms with van der Waals surface area (Å²) >= 11 is 1.64. The van der Waals surface area contributed by atoms with Crippen molar-refractivity contribution in [3.8, 4) is 10.4 Å². The monoisotopic (exact) mass is 206 g/mol. The summed E-state index contributed by atoms with van der Waals surface area (Å²) in [5.41, 5.74) is 1.96. The van der Waals surface area contributed by atoms with E-state index in [1.54, 1.807) is 17.5 Å². The minimum atomic E-state index is -0.0763. The summed E-state index contributed by atoms with van der Waals surface area (Å²) in [6.07, 6.45) is 1.72. The number of nitrogens with one attached hydrogen (secondary N) is 1. The second-order valence-electron chi connectivity index (χ2n) is 3.09. The fourth-order valence-electron chi connectivity index (χ4n) is 1.35. The maximum Gasteiger partial charge on any atom is 0.247 e. The molecule has 72 valence electrons. The molecule has 0 aromatic carbocycles. The highest BCUT2D eigenvalue weighted by molar-refractivity contribution is 7.15. The molecule has 14 heavy (non-hydrogen) atoms. The SMILES string of the molecule is Cc1nc(C)c(-c2ccc(=O)[nH]c2)s1. The zero-order valence-electron chi connectivity index (χ0n) is 8.00. The first-order valence-corrected chi connectivity index (χ1v) is 5.11. The van der Waals surface area contributed by atoms with E-state index in [9.17, 15) is 4.79 Å². The predicted molar refractivity (Wildman–Crippen MR) is 57.6 cm³/mol. The lowest BCUT2D eigenvalue weighted by Crippen LogP contribution is -2.01. The molecule has 0 atom stereocenters. The van der Waals surface area contributed by atoms with Crippen molar-refractivity contribution in [2.24, 2.45) is 0 Å². The van der Waals surface area contributed by atoms with Gasteiger partial charge in [-0.2, -0.15) is 0 Å². The van der Waals surface area contributed by atoms with Gasteiger partial charge in [-0.15, -0.1) is 11.3 Å². The van der Waals surface area contributed by atoms with Gasteiger partial charge >= 0.3 is 0 Å². The summed E-state index contributed by atoms with van der Waals surface area (Å²) in [4.78, 5) is 19.0. The third kappa shape index (κ3) is 1.61. The number of aromatic nitrogens is 2. The Morgan fingerprint density at radius 2 is 2.14 bits per heavy atom. The third-order valence-electron chi connectivity index (χ3n) is 1.95. The standard InChI is InChI=1S/C10H10N2OS/c1-6-10(14-7(2)12-6)8-3-4-9(13)11-5-8/h3-5H,1-2H3,(H,11,13). The van der Waals surface area contributed by atoms with Crippen molar-refractivity contribution in [1.29, 1.82) is 0 Å². The van der Waals surface area contributed by atoms with Crippen LogP contribution in [0.15, 0.2) is 23.1 Å². The number of aryl methyl sites for hydroxylation is 2. The summed E-state index contributed by atoms with van der Waals surface area (Å²) < 4.78 is 0. The third-order valence-corrected chi connectivity index (χ3v) is 3.07. The van der Waals surface area contributed by atoms with Crippen molar-refractivity contribution in [1.82, 2.24) is 9.97 Å². The zero-order valence-corrected chi connectivity index (χ0v) is 8.81. The maximum absolute atomic E-state index is 10.9. The second kappa shape index (κ2) is 3.38. The van der Waals surface area contributed by atoms with E-state index in [-0.39, 0.29) is 5.56 Å². The number of thiazole rings is 1. The molecule has 0 spiro atoms. The molecule has 0 amide bonds. The van der Waals surface area contributed by atoms with E-state index < -0.39 is 0 Å². The van der Waals surface area contributed by atoms with Crippen molar-refractivity contribution >= 4 is 11.3 Å². The van der Waals surface area contributed by atoms with Gasteiger partial charge in [0.2, 0.25) is 5.56 Å². The van der Waals surface area contributed by atoms with Gasteiger partial charge in [-0.05, 0) is 19.9 Å². The van der Waals surface area contributed by atoms with Gasteiger partial charge in [-0.25, -0.2) is 4.98 Å². The van der Waals surface area contributed by atoms with Crippen LogP contribution in [0.1, 0.15) is 10.7 Å². The fraction of sp³-hybridized carbons (Fsp3) is 0.200. The molecule has 0 aliphatic rings. The molecule has 0 saturated heterocycles. The lowest BCUT2D eigenvalue weighted by Gasteiger charge is -1.96. The molecular weight excluding hydrogens is 196 g/mol. The molecule has 0 aliphatic carbocycles.